The van der Waals surface area contributed by atoms with E-state index >= 15 is 0 Å². The van der Waals surface area contributed by atoms with Crippen molar-refractivity contribution in [1.82, 2.24) is 10.3 Å². The van der Waals surface area contributed by atoms with Crippen LogP contribution >= 0.6 is 11.3 Å². The first-order chi connectivity index (χ1) is 8.18. The molecule has 0 radical (unpaired) electrons. The number of aryl methyl sites for hydroxylation is 1. The average molecular weight is 250 g/mol. The van der Waals surface area contributed by atoms with Crippen molar-refractivity contribution in [2.75, 3.05) is 0 Å². The fraction of sp³-hybridized carbons (Fsp3) is 0.308. The second-order valence-electron chi connectivity index (χ2n) is 3.99. The molecule has 2 nitrogen and oxygen atoms in total. The number of benzene rings is 1. The fourth-order valence-electron chi connectivity index (χ4n) is 1.68. The molecule has 0 saturated carbocycles. The Labute approximate surface area is 105 Å². The quantitative estimate of drug-likeness (QED) is 0.899. The van der Waals surface area contributed by atoms with Gasteiger partial charge in [0, 0.05) is 23.0 Å². The number of hydrogen-bond acceptors (Lipinski definition) is 3. The van der Waals surface area contributed by atoms with Crippen LogP contribution in [-0.2, 0) is 6.54 Å². The minimum absolute atomic E-state index is 0.00213. The average Bonchev–Trinajstić information content (AvgIpc) is 2.72. The van der Waals surface area contributed by atoms with E-state index in [0.717, 1.165) is 12.2 Å². The van der Waals surface area contributed by atoms with E-state index < -0.39 is 0 Å². The zero-order valence-electron chi connectivity index (χ0n) is 9.90. The van der Waals surface area contributed by atoms with E-state index in [0.29, 0.717) is 5.56 Å². The van der Waals surface area contributed by atoms with E-state index in [2.05, 4.69) is 10.3 Å². The van der Waals surface area contributed by atoms with Gasteiger partial charge in [0.2, 0.25) is 0 Å². The molecule has 90 valence electrons. The molecule has 0 amide bonds. The number of nitrogens with one attached hydrogen (secondary N) is 1. The summed E-state index contributed by atoms with van der Waals surface area (Å²) in [6.07, 6.45) is 0. The highest BCUT2D eigenvalue weighted by atomic mass is 32.1. The molecule has 17 heavy (non-hydrogen) atoms. The number of hydrogen-bond donors (Lipinski definition) is 1. The maximum atomic E-state index is 13.5. The van der Waals surface area contributed by atoms with Crippen molar-refractivity contribution < 1.29 is 4.39 Å². The zero-order chi connectivity index (χ0) is 12.3. The lowest BCUT2D eigenvalue weighted by atomic mass is 10.1. The topological polar surface area (TPSA) is 24.9 Å². The fourth-order valence-corrected chi connectivity index (χ4v) is 2.41. The van der Waals surface area contributed by atoms with E-state index in [4.69, 9.17) is 0 Å². The summed E-state index contributed by atoms with van der Waals surface area (Å²) in [5.74, 6) is -0.159. The van der Waals surface area contributed by atoms with Crippen LogP contribution in [0.15, 0.2) is 29.8 Å². The number of rotatable bonds is 4. The molecule has 2 rings (SSSR count). The molecule has 0 aliphatic heterocycles. The molecule has 1 aromatic heterocycles. The summed E-state index contributed by atoms with van der Waals surface area (Å²) < 4.78 is 13.5. The van der Waals surface area contributed by atoms with Crippen molar-refractivity contribution in [3.63, 3.8) is 0 Å². The predicted molar refractivity (Wildman–Crippen MR) is 68.5 cm³/mol. The molecular weight excluding hydrogens is 235 g/mol. The molecular formula is C13H15FN2S. The van der Waals surface area contributed by atoms with Crippen molar-refractivity contribution in [2.24, 2.45) is 0 Å². The van der Waals surface area contributed by atoms with Crippen LogP contribution in [0.2, 0.25) is 0 Å². The van der Waals surface area contributed by atoms with Crippen LogP contribution in [0.4, 0.5) is 4.39 Å². The first-order valence-electron chi connectivity index (χ1n) is 5.55. The molecule has 0 bridgehead atoms. The highest BCUT2D eigenvalue weighted by molar-refractivity contribution is 7.09. The Morgan fingerprint density at radius 1 is 1.41 bits per heavy atom. The van der Waals surface area contributed by atoms with Crippen LogP contribution in [0.3, 0.4) is 0 Å². The van der Waals surface area contributed by atoms with Gasteiger partial charge in [-0.3, -0.25) is 0 Å². The van der Waals surface area contributed by atoms with Gasteiger partial charge in [0.1, 0.15) is 5.82 Å². The van der Waals surface area contributed by atoms with Gasteiger partial charge in [0.25, 0.3) is 0 Å². The summed E-state index contributed by atoms with van der Waals surface area (Å²) in [5.41, 5.74) is 3.58. The summed E-state index contributed by atoms with van der Waals surface area (Å²) in [5, 5.41) is 3.31. The van der Waals surface area contributed by atoms with Crippen LogP contribution in [-0.4, -0.2) is 4.98 Å². The van der Waals surface area contributed by atoms with Crippen molar-refractivity contribution in [3.05, 3.63) is 51.7 Å². The van der Waals surface area contributed by atoms with Gasteiger partial charge in [-0.05, 0) is 19.9 Å². The molecule has 4 heteroatoms. The molecule has 1 unspecified atom stereocenters. The molecule has 1 N–H and O–H groups in total. The van der Waals surface area contributed by atoms with Gasteiger partial charge in [-0.15, -0.1) is 11.3 Å². The summed E-state index contributed by atoms with van der Waals surface area (Å²) in [7, 11) is 0. The maximum absolute atomic E-state index is 13.5. The summed E-state index contributed by atoms with van der Waals surface area (Å²) in [4.78, 5) is 5.39. The highest BCUT2D eigenvalue weighted by Gasteiger charge is 2.10. The Hall–Kier alpha value is -1.26. The predicted octanol–water partition coefficient (Wildman–Crippen LogP) is 3.44. The molecule has 0 saturated heterocycles. The first kappa shape index (κ1) is 12.2. The standard InChI is InChI=1S/C13H15FN2S/c1-9(11-5-3-4-6-12(11)14)15-7-13-10(2)16-8-17-13/h3-6,8-9,15H,7H2,1-2H3. The Bertz CT molecular complexity index is 496. The van der Waals surface area contributed by atoms with E-state index in [1.807, 2.05) is 31.5 Å². The van der Waals surface area contributed by atoms with E-state index in [-0.39, 0.29) is 11.9 Å². The largest absolute Gasteiger partial charge is 0.305 e. The van der Waals surface area contributed by atoms with Gasteiger partial charge in [0.15, 0.2) is 0 Å². The Balaban J connectivity index is 2.01. The van der Waals surface area contributed by atoms with Crippen molar-refractivity contribution >= 4 is 11.3 Å². The SMILES string of the molecule is Cc1ncsc1CNC(C)c1ccccc1F. The minimum atomic E-state index is -0.159. The minimum Gasteiger partial charge on any atom is -0.305 e. The van der Waals surface area contributed by atoms with Gasteiger partial charge >= 0.3 is 0 Å². The lowest BCUT2D eigenvalue weighted by molar-refractivity contribution is 0.529. The van der Waals surface area contributed by atoms with Crippen molar-refractivity contribution in [1.29, 1.82) is 0 Å². The molecule has 1 heterocycles. The second-order valence-corrected chi connectivity index (χ2v) is 4.92. The van der Waals surface area contributed by atoms with Crippen LogP contribution in [0.1, 0.15) is 29.1 Å². The van der Waals surface area contributed by atoms with Crippen LogP contribution in [0.5, 0.6) is 0 Å². The number of aromatic nitrogens is 1. The first-order valence-corrected chi connectivity index (χ1v) is 6.43. The van der Waals surface area contributed by atoms with E-state index in [1.165, 1.54) is 10.9 Å². The molecule has 0 aliphatic carbocycles. The molecule has 2 aromatic rings. The number of nitrogens with zero attached hydrogens (tertiary/aromatic N) is 1. The summed E-state index contributed by atoms with van der Waals surface area (Å²) in [6.45, 7) is 4.68. The third kappa shape index (κ3) is 2.90. The summed E-state index contributed by atoms with van der Waals surface area (Å²) in [6, 6.07) is 6.86. The molecule has 0 spiro atoms. The normalized spacial score (nSPS) is 12.6. The Morgan fingerprint density at radius 3 is 2.82 bits per heavy atom. The lowest BCUT2D eigenvalue weighted by Gasteiger charge is -2.14. The molecule has 1 aromatic carbocycles. The number of halogens is 1. The number of thiazole rings is 1. The molecule has 0 aliphatic rings. The van der Waals surface area contributed by atoms with Gasteiger partial charge in [-0.2, -0.15) is 0 Å². The third-order valence-corrected chi connectivity index (χ3v) is 3.72. The second kappa shape index (κ2) is 5.38. The molecule has 0 fully saturated rings. The van der Waals surface area contributed by atoms with Crippen LogP contribution < -0.4 is 5.32 Å². The smallest absolute Gasteiger partial charge is 0.127 e. The van der Waals surface area contributed by atoms with Gasteiger partial charge in [0.05, 0.1) is 11.2 Å². The van der Waals surface area contributed by atoms with Crippen molar-refractivity contribution in [3.8, 4) is 0 Å². The molecule has 1 atom stereocenters. The maximum Gasteiger partial charge on any atom is 0.127 e. The van der Waals surface area contributed by atoms with E-state index in [1.54, 1.807) is 17.4 Å². The van der Waals surface area contributed by atoms with Gasteiger partial charge < -0.3 is 5.32 Å². The zero-order valence-corrected chi connectivity index (χ0v) is 10.7. The highest BCUT2D eigenvalue weighted by Crippen LogP contribution is 2.18. The lowest BCUT2D eigenvalue weighted by Crippen LogP contribution is -2.18. The Kier molecular flexibility index (Phi) is 3.86. The van der Waals surface area contributed by atoms with Gasteiger partial charge in [-0.25, -0.2) is 9.37 Å². The van der Waals surface area contributed by atoms with Crippen LogP contribution in [0, 0.1) is 12.7 Å². The third-order valence-electron chi connectivity index (χ3n) is 2.79. The van der Waals surface area contributed by atoms with Crippen LogP contribution in [0.25, 0.3) is 0 Å². The Morgan fingerprint density at radius 2 is 2.18 bits per heavy atom. The van der Waals surface area contributed by atoms with E-state index in [9.17, 15) is 4.39 Å². The summed E-state index contributed by atoms with van der Waals surface area (Å²) >= 11 is 1.62. The monoisotopic (exact) mass is 250 g/mol. The van der Waals surface area contributed by atoms with Gasteiger partial charge in [-0.1, -0.05) is 18.2 Å². The van der Waals surface area contributed by atoms with Crippen molar-refractivity contribution in [2.45, 2.75) is 26.4 Å².